The highest BCUT2D eigenvalue weighted by Gasteiger charge is 1.99. The minimum absolute atomic E-state index is 0.959. The first-order chi connectivity index (χ1) is 6.92. The molecule has 0 aliphatic rings. The van der Waals surface area contributed by atoms with Crippen LogP contribution in [0.5, 0.6) is 0 Å². The summed E-state index contributed by atoms with van der Waals surface area (Å²) in [4.78, 5) is 0. The molecular formula is C12H13NS. The predicted molar refractivity (Wildman–Crippen MR) is 65.1 cm³/mol. The van der Waals surface area contributed by atoms with Crippen molar-refractivity contribution < 1.29 is 0 Å². The summed E-state index contributed by atoms with van der Waals surface area (Å²) >= 11 is 1.78. The van der Waals surface area contributed by atoms with E-state index in [1.807, 2.05) is 6.08 Å². The molecule has 0 saturated heterocycles. The molecule has 2 rings (SSSR count). The molecule has 1 N–H and O–H groups in total. The molecule has 0 spiro atoms. The minimum Gasteiger partial charge on any atom is -0.384 e. The normalized spacial score (nSPS) is 10.3. The molecule has 1 aromatic carbocycles. The van der Waals surface area contributed by atoms with Gasteiger partial charge >= 0.3 is 0 Å². The number of benzene rings is 1. The Balaban J connectivity index is 2.23. The van der Waals surface area contributed by atoms with Gasteiger partial charge in [-0.1, -0.05) is 18.2 Å². The summed E-state index contributed by atoms with van der Waals surface area (Å²) in [5.41, 5.74) is 1.24. The van der Waals surface area contributed by atoms with Crippen molar-refractivity contribution in [3.05, 3.63) is 42.3 Å². The van der Waals surface area contributed by atoms with E-state index < -0.39 is 0 Å². The van der Waals surface area contributed by atoms with E-state index in [4.69, 9.17) is 0 Å². The molecule has 72 valence electrons. The van der Waals surface area contributed by atoms with Crippen LogP contribution in [0.15, 0.2) is 42.3 Å². The number of hydrogen-bond acceptors (Lipinski definition) is 2. The smallest absolute Gasteiger partial charge is 0.0574 e. The Kier molecular flexibility index (Phi) is 2.84. The summed E-state index contributed by atoms with van der Waals surface area (Å²) in [6, 6.07) is 8.51. The van der Waals surface area contributed by atoms with Gasteiger partial charge in [0.05, 0.1) is 10.4 Å². The van der Waals surface area contributed by atoms with Gasteiger partial charge in [0, 0.05) is 6.54 Å². The van der Waals surface area contributed by atoms with Crippen LogP contribution >= 0.6 is 11.3 Å². The highest BCUT2D eigenvalue weighted by Crippen LogP contribution is 2.28. The maximum atomic E-state index is 3.71. The molecule has 0 aliphatic heterocycles. The second-order valence-electron chi connectivity index (χ2n) is 3.15. The molecule has 14 heavy (non-hydrogen) atoms. The lowest BCUT2D eigenvalue weighted by Gasteiger charge is -2.05. The zero-order valence-electron chi connectivity index (χ0n) is 7.99. The fraction of sp³-hybridized carbons (Fsp3) is 0.167. The summed E-state index contributed by atoms with van der Waals surface area (Å²) in [6.07, 6.45) is 2.93. The maximum Gasteiger partial charge on any atom is 0.0574 e. The summed E-state index contributed by atoms with van der Waals surface area (Å²) in [6.45, 7) is 4.67. The lowest BCUT2D eigenvalue weighted by molar-refractivity contribution is 1.07. The van der Waals surface area contributed by atoms with E-state index in [9.17, 15) is 0 Å². The molecule has 2 aromatic rings. The molecule has 1 nitrogen and oxygen atoms in total. The molecule has 0 radical (unpaired) electrons. The van der Waals surface area contributed by atoms with Gasteiger partial charge in [-0.25, -0.2) is 0 Å². The second kappa shape index (κ2) is 4.29. The van der Waals surface area contributed by atoms with E-state index in [0.29, 0.717) is 0 Å². The average molecular weight is 203 g/mol. The van der Waals surface area contributed by atoms with Gasteiger partial charge in [0.2, 0.25) is 0 Å². The van der Waals surface area contributed by atoms with Crippen LogP contribution in [-0.4, -0.2) is 6.54 Å². The van der Waals surface area contributed by atoms with Crippen LogP contribution in [0.3, 0.4) is 0 Å². The zero-order chi connectivity index (χ0) is 9.80. The largest absolute Gasteiger partial charge is 0.384 e. The molecule has 0 saturated carbocycles. The third-order valence-corrected chi connectivity index (χ3v) is 3.11. The van der Waals surface area contributed by atoms with Gasteiger partial charge in [-0.2, -0.15) is 0 Å². The van der Waals surface area contributed by atoms with E-state index in [0.717, 1.165) is 13.0 Å². The fourth-order valence-corrected chi connectivity index (χ4v) is 2.33. The molecule has 0 atom stereocenters. The topological polar surface area (TPSA) is 12.0 Å². The molecular weight excluding hydrogens is 190 g/mol. The Hall–Kier alpha value is -1.28. The van der Waals surface area contributed by atoms with Crippen molar-refractivity contribution in [2.24, 2.45) is 0 Å². The highest BCUT2D eigenvalue weighted by atomic mass is 32.1. The minimum atomic E-state index is 0.959. The van der Waals surface area contributed by atoms with Crippen molar-refractivity contribution in [3.63, 3.8) is 0 Å². The molecule has 0 unspecified atom stereocenters. The van der Waals surface area contributed by atoms with Gasteiger partial charge in [-0.3, -0.25) is 0 Å². The highest BCUT2D eigenvalue weighted by molar-refractivity contribution is 7.17. The molecule has 2 heteroatoms. The predicted octanol–water partition coefficient (Wildman–Crippen LogP) is 3.89. The second-order valence-corrected chi connectivity index (χ2v) is 4.06. The zero-order valence-corrected chi connectivity index (χ0v) is 8.81. The van der Waals surface area contributed by atoms with E-state index >= 15 is 0 Å². The lowest BCUT2D eigenvalue weighted by atomic mass is 10.2. The van der Waals surface area contributed by atoms with Crippen LogP contribution in [0.25, 0.3) is 10.1 Å². The van der Waals surface area contributed by atoms with Crippen molar-refractivity contribution in [2.75, 3.05) is 11.9 Å². The van der Waals surface area contributed by atoms with Crippen LogP contribution in [0.4, 0.5) is 5.69 Å². The van der Waals surface area contributed by atoms with Gasteiger partial charge in [0.25, 0.3) is 0 Å². The Morgan fingerprint density at radius 1 is 1.36 bits per heavy atom. The van der Waals surface area contributed by atoms with Crippen LogP contribution in [0, 0.1) is 0 Å². The Morgan fingerprint density at radius 2 is 2.29 bits per heavy atom. The Bertz CT molecular complexity index is 431. The van der Waals surface area contributed by atoms with Crippen LogP contribution < -0.4 is 5.32 Å². The standard InChI is InChI=1S/C12H13NS/c1-2-3-8-13-11-6-4-5-10-7-9-14-12(10)11/h2,4-7,9,13H,1,3,8H2. The first-order valence-electron chi connectivity index (χ1n) is 4.73. The number of thiophene rings is 1. The van der Waals surface area contributed by atoms with Crippen molar-refractivity contribution in [1.29, 1.82) is 0 Å². The van der Waals surface area contributed by atoms with Gasteiger partial charge in [0.15, 0.2) is 0 Å². The summed E-state index contributed by atoms with van der Waals surface area (Å²) < 4.78 is 1.34. The third-order valence-electron chi connectivity index (χ3n) is 2.14. The third kappa shape index (κ3) is 1.80. The summed E-state index contributed by atoms with van der Waals surface area (Å²) in [5, 5.41) is 6.86. The van der Waals surface area contributed by atoms with E-state index in [2.05, 4.69) is 41.5 Å². The van der Waals surface area contributed by atoms with Gasteiger partial charge in [-0.05, 0) is 29.3 Å². The number of nitrogens with one attached hydrogen (secondary N) is 1. The SMILES string of the molecule is C=CCCNc1cccc2ccsc12. The van der Waals surface area contributed by atoms with Crippen molar-refractivity contribution in [3.8, 4) is 0 Å². The monoisotopic (exact) mass is 203 g/mol. The van der Waals surface area contributed by atoms with Crippen LogP contribution in [-0.2, 0) is 0 Å². The van der Waals surface area contributed by atoms with E-state index in [1.165, 1.54) is 15.8 Å². The fourth-order valence-electron chi connectivity index (χ4n) is 1.44. The molecule has 0 bridgehead atoms. The van der Waals surface area contributed by atoms with Crippen LogP contribution in [0.1, 0.15) is 6.42 Å². The lowest BCUT2D eigenvalue weighted by Crippen LogP contribution is -1.99. The Labute approximate surface area is 88.1 Å². The molecule has 1 aromatic heterocycles. The van der Waals surface area contributed by atoms with E-state index in [1.54, 1.807) is 11.3 Å². The van der Waals surface area contributed by atoms with E-state index in [-0.39, 0.29) is 0 Å². The number of anilines is 1. The van der Waals surface area contributed by atoms with Crippen LogP contribution in [0.2, 0.25) is 0 Å². The number of rotatable bonds is 4. The van der Waals surface area contributed by atoms with Crippen molar-refractivity contribution >= 4 is 27.1 Å². The first-order valence-corrected chi connectivity index (χ1v) is 5.61. The summed E-state index contributed by atoms with van der Waals surface area (Å²) in [5.74, 6) is 0. The maximum absolute atomic E-state index is 3.71. The van der Waals surface area contributed by atoms with Gasteiger partial charge < -0.3 is 5.32 Å². The Morgan fingerprint density at radius 3 is 3.14 bits per heavy atom. The van der Waals surface area contributed by atoms with Crippen molar-refractivity contribution in [2.45, 2.75) is 6.42 Å². The summed E-state index contributed by atoms with van der Waals surface area (Å²) in [7, 11) is 0. The molecule has 0 amide bonds. The van der Waals surface area contributed by atoms with Gasteiger partial charge in [-0.15, -0.1) is 17.9 Å². The quantitative estimate of drug-likeness (QED) is 0.587. The van der Waals surface area contributed by atoms with Gasteiger partial charge in [0.1, 0.15) is 0 Å². The average Bonchev–Trinajstić information content (AvgIpc) is 2.67. The molecule has 1 heterocycles. The number of hydrogen-bond donors (Lipinski definition) is 1. The molecule has 0 fully saturated rings. The number of fused-ring (bicyclic) bond motifs is 1. The first kappa shape index (κ1) is 9.28. The molecule has 0 aliphatic carbocycles. The van der Waals surface area contributed by atoms with Crippen molar-refractivity contribution in [1.82, 2.24) is 0 Å².